The molecule has 0 aromatic heterocycles. The fraction of sp³-hybridized carbons (Fsp3) is 0.611. The predicted octanol–water partition coefficient (Wildman–Crippen LogP) is 1.98. The zero-order valence-corrected chi connectivity index (χ0v) is 15.0. The van der Waals surface area contributed by atoms with Gasteiger partial charge in [-0.15, -0.1) is 0 Å². The van der Waals surface area contributed by atoms with Gasteiger partial charge in [0.15, 0.2) is 16.4 Å². The number of nitrogens with zero attached hydrogens (tertiary/aromatic N) is 1. The summed E-state index contributed by atoms with van der Waals surface area (Å²) in [5, 5.41) is 0. The average Bonchev–Trinajstić information content (AvgIpc) is 2.93. The Bertz CT molecular complexity index is 714. The molecule has 0 bridgehead atoms. The van der Waals surface area contributed by atoms with Gasteiger partial charge in [-0.3, -0.25) is 4.79 Å². The lowest BCUT2D eigenvalue weighted by Gasteiger charge is -2.27. The summed E-state index contributed by atoms with van der Waals surface area (Å²) in [6.07, 6.45) is 4.96. The van der Waals surface area contributed by atoms with Crippen molar-refractivity contribution in [2.45, 2.75) is 45.1 Å². The first-order valence-electron chi connectivity index (χ1n) is 8.73. The molecular formula is C18H25NO4S. The number of aryl methyl sites for hydroxylation is 1. The van der Waals surface area contributed by atoms with E-state index in [0.29, 0.717) is 13.0 Å². The topological polar surface area (TPSA) is 63.7 Å². The number of hydrogen-bond acceptors (Lipinski definition) is 4. The van der Waals surface area contributed by atoms with Crippen LogP contribution in [0.25, 0.3) is 0 Å². The molecule has 0 radical (unpaired) electrons. The maximum absolute atomic E-state index is 12.5. The van der Waals surface area contributed by atoms with E-state index in [2.05, 4.69) is 6.07 Å². The Morgan fingerprint density at radius 3 is 2.79 bits per heavy atom. The van der Waals surface area contributed by atoms with Crippen molar-refractivity contribution in [2.75, 3.05) is 24.7 Å². The lowest BCUT2D eigenvalue weighted by Crippen LogP contribution is -2.43. The summed E-state index contributed by atoms with van der Waals surface area (Å²) in [4.78, 5) is 14.2. The SMILES string of the molecule is CCN(C(=O)COc1cccc2c1CCCC2)C1CCS(=O)(=O)C1. The molecule has 0 saturated carbocycles. The van der Waals surface area contributed by atoms with E-state index in [-0.39, 0.29) is 30.1 Å². The monoisotopic (exact) mass is 351 g/mol. The third kappa shape index (κ3) is 3.74. The molecule has 132 valence electrons. The third-order valence-electron chi connectivity index (χ3n) is 5.01. The normalized spacial score (nSPS) is 22.0. The second-order valence-electron chi connectivity index (χ2n) is 6.63. The fourth-order valence-electron chi connectivity index (χ4n) is 3.76. The Balaban J connectivity index is 1.65. The summed E-state index contributed by atoms with van der Waals surface area (Å²) in [5.74, 6) is 0.922. The maximum Gasteiger partial charge on any atom is 0.260 e. The van der Waals surface area contributed by atoms with Crippen molar-refractivity contribution >= 4 is 15.7 Å². The number of carbonyl (C=O) groups is 1. The van der Waals surface area contributed by atoms with Crippen molar-refractivity contribution in [2.24, 2.45) is 0 Å². The van der Waals surface area contributed by atoms with Gasteiger partial charge in [0.05, 0.1) is 11.5 Å². The fourth-order valence-corrected chi connectivity index (χ4v) is 5.49. The highest BCUT2D eigenvalue weighted by atomic mass is 32.2. The van der Waals surface area contributed by atoms with Crippen LogP contribution in [0, 0.1) is 0 Å². The Morgan fingerprint density at radius 2 is 2.08 bits per heavy atom. The van der Waals surface area contributed by atoms with Crippen molar-refractivity contribution in [1.29, 1.82) is 0 Å². The van der Waals surface area contributed by atoms with Crippen LogP contribution in [0.3, 0.4) is 0 Å². The van der Waals surface area contributed by atoms with Crippen LogP contribution < -0.4 is 4.74 Å². The highest BCUT2D eigenvalue weighted by molar-refractivity contribution is 7.91. The van der Waals surface area contributed by atoms with E-state index < -0.39 is 9.84 Å². The zero-order valence-electron chi connectivity index (χ0n) is 14.2. The van der Waals surface area contributed by atoms with Gasteiger partial charge in [0.2, 0.25) is 0 Å². The standard InChI is InChI=1S/C18H25NO4S/c1-2-19(15-10-11-24(21,22)13-15)18(20)12-23-17-9-5-7-14-6-3-4-8-16(14)17/h5,7,9,15H,2-4,6,8,10-13H2,1H3. The molecule has 1 aliphatic carbocycles. The van der Waals surface area contributed by atoms with Crippen LogP contribution in [0.1, 0.15) is 37.3 Å². The highest BCUT2D eigenvalue weighted by Gasteiger charge is 2.34. The van der Waals surface area contributed by atoms with E-state index in [1.807, 2.05) is 19.1 Å². The van der Waals surface area contributed by atoms with Crippen molar-refractivity contribution in [3.05, 3.63) is 29.3 Å². The zero-order chi connectivity index (χ0) is 17.2. The van der Waals surface area contributed by atoms with Gasteiger partial charge in [-0.1, -0.05) is 12.1 Å². The van der Waals surface area contributed by atoms with Gasteiger partial charge in [0.25, 0.3) is 5.91 Å². The number of carbonyl (C=O) groups excluding carboxylic acids is 1. The quantitative estimate of drug-likeness (QED) is 0.814. The molecule has 1 aromatic carbocycles. The van der Waals surface area contributed by atoms with Crippen LogP contribution in [-0.2, 0) is 27.5 Å². The van der Waals surface area contributed by atoms with Crippen molar-refractivity contribution < 1.29 is 17.9 Å². The number of ether oxygens (including phenoxy) is 1. The van der Waals surface area contributed by atoms with Gasteiger partial charge in [0.1, 0.15) is 5.75 Å². The van der Waals surface area contributed by atoms with Gasteiger partial charge in [-0.05, 0) is 56.2 Å². The molecule has 5 nitrogen and oxygen atoms in total. The highest BCUT2D eigenvalue weighted by Crippen LogP contribution is 2.29. The van der Waals surface area contributed by atoms with Gasteiger partial charge in [-0.2, -0.15) is 0 Å². The van der Waals surface area contributed by atoms with Crippen molar-refractivity contribution in [3.8, 4) is 5.75 Å². The summed E-state index contributed by atoms with van der Waals surface area (Å²) < 4.78 is 29.1. The molecule has 1 saturated heterocycles. The Morgan fingerprint density at radius 1 is 1.29 bits per heavy atom. The molecule has 1 atom stereocenters. The van der Waals surface area contributed by atoms with E-state index in [1.165, 1.54) is 17.5 Å². The van der Waals surface area contributed by atoms with Crippen LogP contribution in [0.5, 0.6) is 5.75 Å². The molecule has 2 aliphatic rings. The van der Waals surface area contributed by atoms with Crippen LogP contribution in [0.4, 0.5) is 0 Å². The molecule has 24 heavy (non-hydrogen) atoms. The number of likely N-dealkylation sites (N-methyl/N-ethyl adjacent to an activating group) is 1. The molecule has 1 unspecified atom stereocenters. The van der Waals surface area contributed by atoms with Crippen molar-refractivity contribution in [1.82, 2.24) is 4.90 Å². The summed E-state index contributed by atoms with van der Waals surface area (Å²) in [7, 11) is -3.00. The largest absolute Gasteiger partial charge is 0.483 e. The van der Waals surface area contributed by atoms with Crippen LogP contribution in [0.2, 0.25) is 0 Å². The molecular weight excluding hydrogens is 326 g/mol. The van der Waals surface area contributed by atoms with E-state index in [1.54, 1.807) is 4.90 Å². The Labute approximate surface area is 143 Å². The third-order valence-corrected chi connectivity index (χ3v) is 6.76. The molecule has 3 rings (SSSR count). The van der Waals surface area contributed by atoms with E-state index >= 15 is 0 Å². The van der Waals surface area contributed by atoms with E-state index in [4.69, 9.17) is 4.74 Å². The molecule has 0 spiro atoms. The Kier molecular flexibility index (Phi) is 5.13. The van der Waals surface area contributed by atoms with Gasteiger partial charge in [-0.25, -0.2) is 8.42 Å². The van der Waals surface area contributed by atoms with Crippen LogP contribution >= 0.6 is 0 Å². The van der Waals surface area contributed by atoms with Gasteiger partial charge >= 0.3 is 0 Å². The number of amides is 1. The molecule has 0 N–H and O–H groups in total. The lowest BCUT2D eigenvalue weighted by molar-refractivity contribution is -0.135. The van der Waals surface area contributed by atoms with Crippen LogP contribution in [0.15, 0.2) is 18.2 Å². The number of fused-ring (bicyclic) bond motifs is 1. The predicted molar refractivity (Wildman–Crippen MR) is 93.0 cm³/mol. The molecule has 1 amide bonds. The maximum atomic E-state index is 12.5. The summed E-state index contributed by atoms with van der Waals surface area (Å²) in [6.45, 7) is 2.36. The average molecular weight is 351 g/mol. The van der Waals surface area contributed by atoms with Crippen molar-refractivity contribution in [3.63, 3.8) is 0 Å². The van der Waals surface area contributed by atoms with Gasteiger partial charge < -0.3 is 9.64 Å². The Hall–Kier alpha value is -1.56. The number of hydrogen-bond donors (Lipinski definition) is 0. The number of sulfone groups is 1. The minimum absolute atomic E-state index is 0.0269. The smallest absolute Gasteiger partial charge is 0.260 e. The molecule has 6 heteroatoms. The first kappa shape index (κ1) is 17.3. The summed E-state index contributed by atoms with van der Waals surface area (Å²) >= 11 is 0. The van der Waals surface area contributed by atoms with Gasteiger partial charge in [0, 0.05) is 12.6 Å². The first-order chi connectivity index (χ1) is 11.5. The molecule has 1 aromatic rings. The minimum Gasteiger partial charge on any atom is -0.483 e. The number of benzene rings is 1. The second-order valence-corrected chi connectivity index (χ2v) is 8.85. The second kappa shape index (κ2) is 7.13. The molecule has 1 fully saturated rings. The summed E-state index contributed by atoms with van der Waals surface area (Å²) in [6, 6.07) is 5.82. The minimum atomic E-state index is -3.00. The molecule has 1 heterocycles. The molecule has 1 aliphatic heterocycles. The summed E-state index contributed by atoms with van der Waals surface area (Å²) in [5.41, 5.74) is 2.54. The number of rotatable bonds is 5. The first-order valence-corrected chi connectivity index (χ1v) is 10.6. The lowest BCUT2D eigenvalue weighted by atomic mass is 9.91. The van der Waals surface area contributed by atoms with Crippen LogP contribution in [-0.4, -0.2) is 49.9 Å². The van der Waals surface area contributed by atoms with E-state index in [0.717, 1.165) is 25.0 Å². The van der Waals surface area contributed by atoms with E-state index in [9.17, 15) is 13.2 Å².